The van der Waals surface area contributed by atoms with Crippen LogP contribution in [0.15, 0.2) is 0 Å². The summed E-state index contributed by atoms with van der Waals surface area (Å²) < 4.78 is 47.4. The number of methoxy groups -OCH3 is 1. The molecule has 0 aromatic carbocycles. The number of hydrogen-bond donors (Lipinski definition) is 1. The lowest BCUT2D eigenvalue weighted by atomic mass is 9.91. The van der Waals surface area contributed by atoms with Crippen LogP contribution in [0.1, 0.15) is 40.0 Å². The minimum atomic E-state index is -5.16. The van der Waals surface area contributed by atoms with Gasteiger partial charge in [-0.25, -0.2) is 4.79 Å². The summed E-state index contributed by atoms with van der Waals surface area (Å²) in [5.41, 5.74) is -0.969. The van der Waals surface area contributed by atoms with Gasteiger partial charge in [0.2, 0.25) is 0 Å². The largest absolute Gasteiger partial charge is 0.471 e. The molecule has 0 bridgehead atoms. The van der Waals surface area contributed by atoms with Crippen LogP contribution in [0.2, 0.25) is 0 Å². The van der Waals surface area contributed by atoms with Gasteiger partial charge in [0.05, 0.1) is 13.5 Å². The molecule has 0 aromatic rings. The van der Waals surface area contributed by atoms with Gasteiger partial charge in [-0.15, -0.1) is 0 Å². The molecule has 1 amide bonds. The SMILES string of the molecule is COC(=O)C[C@@H](CCCBr)[C@@H](NC(=O)C(F)(F)F)C(=O)OC(C)(C)C. The van der Waals surface area contributed by atoms with Crippen molar-refractivity contribution >= 4 is 33.8 Å². The second-order valence-corrected chi connectivity index (χ2v) is 7.15. The fourth-order valence-electron chi connectivity index (χ4n) is 1.98. The number of hydrogen-bond acceptors (Lipinski definition) is 5. The average molecular weight is 434 g/mol. The first-order valence-corrected chi connectivity index (χ1v) is 8.67. The molecule has 0 fully saturated rings. The zero-order valence-electron chi connectivity index (χ0n) is 14.5. The van der Waals surface area contributed by atoms with Crippen molar-refractivity contribution in [1.82, 2.24) is 5.32 Å². The summed E-state index contributed by atoms with van der Waals surface area (Å²) in [4.78, 5) is 35.2. The van der Waals surface area contributed by atoms with Crippen LogP contribution < -0.4 is 5.32 Å². The number of esters is 2. The summed E-state index contributed by atoms with van der Waals surface area (Å²) >= 11 is 3.18. The zero-order chi connectivity index (χ0) is 19.8. The first-order valence-electron chi connectivity index (χ1n) is 7.55. The van der Waals surface area contributed by atoms with Crippen LogP contribution >= 0.6 is 15.9 Å². The topological polar surface area (TPSA) is 81.7 Å². The Labute approximate surface area is 152 Å². The Morgan fingerprint density at radius 2 is 1.72 bits per heavy atom. The molecule has 1 N–H and O–H groups in total. The van der Waals surface area contributed by atoms with E-state index in [-0.39, 0.29) is 12.8 Å². The Morgan fingerprint density at radius 1 is 1.16 bits per heavy atom. The molecular weight excluding hydrogens is 411 g/mol. The van der Waals surface area contributed by atoms with Crippen LogP contribution in [0.5, 0.6) is 0 Å². The highest BCUT2D eigenvalue weighted by atomic mass is 79.9. The van der Waals surface area contributed by atoms with Crippen molar-refractivity contribution in [1.29, 1.82) is 0 Å². The molecule has 0 saturated carbocycles. The summed E-state index contributed by atoms with van der Waals surface area (Å²) in [6, 6.07) is -1.62. The average Bonchev–Trinajstić information content (AvgIpc) is 2.45. The molecule has 0 rings (SSSR count). The van der Waals surface area contributed by atoms with Gasteiger partial charge in [-0.2, -0.15) is 13.2 Å². The van der Waals surface area contributed by atoms with Crippen LogP contribution in [0.3, 0.4) is 0 Å². The third-order valence-corrected chi connectivity index (χ3v) is 3.60. The standard InChI is InChI=1S/C15H23BrF3NO5/c1-14(2,3)25-12(22)11(20-13(23)15(17,18)19)9(6-5-7-16)8-10(21)24-4/h9,11H,5-8H2,1-4H3,(H,20,23)/t9-,11-/m1/s1. The molecule has 146 valence electrons. The number of carbonyl (C=O) groups is 3. The molecule has 0 saturated heterocycles. The minimum Gasteiger partial charge on any atom is -0.469 e. The molecule has 25 heavy (non-hydrogen) atoms. The van der Waals surface area contributed by atoms with Crippen LogP contribution in [0, 0.1) is 5.92 Å². The third-order valence-electron chi connectivity index (χ3n) is 3.04. The zero-order valence-corrected chi connectivity index (χ0v) is 16.1. The lowest BCUT2D eigenvalue weighted by molar-refractivity contribution is -0.178. The number of rotatable bonds is 8. The predicted molar refractivity (Wildman–Crippen MR) is 87.0 cm³/mol. The molecule has 0 aliphatic carbocycles. The second-order valence-electron chi connectivity index (χ2n) is 6.35. The van der Waals surface area contributed by atoms with Crippen LogP contribution in [-0.2, 0) is 23.9 Å². The van der Waals surface area contributed by atoms with E-state index in [0.717, 1.165) is 7.11 Å². The highest BCUT2D eigenvalue weighted by Crippen LogP contribution is 2.23. The summed E-state index contributed by atoms with van der Waals surface area (Å²) in [6.45, 7) is 4.63. The van der Waals surface area contributed by atoms with Gasteiger partial charge in [0, 0.05) is 11.2 Å². The maximum Gasteiger partial charge on any atom is 0.471 e. The smallest absolute Gasteiger partial charge is 0.469 e. The van der Waals surface area contributed by atoms with Gasteiger partial charge in [-0.05, 0) is 33.6 Å². The first kappa shape index (κ1) is 23.7. The van der Waals surface area contributed by atoms with Crippen molar-refractivity contribution in [3.8, 4) is 0 Å². The maximum absolute atomic E-state index is 12.6. The van der Waals surface area contributed by atoms with E-state index in [9.17, 15) is 27.6 Å². The van der Waals surface area contributed by atoms with Crippen LogP contribution in [0.4, 0.5) is 13.2 Å². The van der Waals surface area contributed by atoms with Gasteiger partial charge in [0.25, 0.3) is 0 Å². The quantitative estimate of drug-likeness (QED) is 0.470. The molecule has 0 spiro atoms. The van der Waals surface area contributed by atoms with Crippen molar-refractivity contribution in [3.05, 3.63) is 0 Å². The summed E-state index contributed by atoms with van der Waals surface area (Å²) in [7, 11) is 1.13. The second kappa shape index (κ2) is 9.98. The van der Waals surface area contributed by atoms with E-state index in [4.69, 9.17) is 4.74 Å². The molecular formula is C15H23BrF3NO5. The fraction of sp³-hybridized carbons (Fsp3) is 0.800. The fourth-order valence-corrected chi connectivity index (χ4v) is 2.30. The minimum absolute atomic E-state index is 0.211. The van der Waals surface area contributed by atoms with Crippen LogP contribution in [-0.4, -0.2) is 48.1 Å². The van der Waals surface area contributed by atoms with E-state index in [1.54, 1.807) is 26.1 Å². The molecule has 10 heteroatoms. The number of nitrogens with one attached hydrogen (secondary N) is 1. The number of alkyl halides is 4. The van der Waals surface area contributed by atoms with Gasteiger partial charge in [0.15, 0.2) is 0 Å². The van der Waals surface area contributed by atoms with Gasteiger partial charge < -0.3 is 14.8 Å². The van der Waals surface area contributed by atoms with E-state index in [2.05, 4.69) is 20.7 Å². The van der Waals surface area contributed by atoms with E-state index < -0.39 is 41.6 Å². The highest BCUT2D eigenvalue weighted by Gasteiger charge is 2.43. The monoisotopic (exact) mass is 433 g/mol. The van der Waals surface area contributed by atoms with Crippen molar-refractivity contribution in [2.45, 2.75) is 57.9 Å². The molecule has 0 aliphatic rings. The van der Waals surface area contributed by atoms with Crippen molar-refractivity contribution in [2.75, 3.05) is 12.4 Å². The lowest BCUT2D eigenvalue weighted by Gasteiger charge is -2.29. The van der Waals surface area contributed by atoms with Gasteiger partial charge in [-0.3, -0.25) is 9.59 Å². The molecule has 6 nitrogen and oxygen atoms in total. The first-order chi connectivity index (χ1) is 11.3. The summed E-state index contributed by atoms with van der Waals surface area (Å²) in [5, 5.41) is 2.17. The van der Waals surface area contributed by atoms with E-state index in [1.807, 2.05) is 0 Å². The molecule has 0 aromatic heterocycles. The number of halogens is 4. The summed E-state index contributed by atoms with van der Waals surface area (Å²) in [5.74, 6) is -4.90. The van der Waals surface area contributed by atoms with Gasteiger partial charge >= 0.3 is 24.0 Å². The van der Waals surface area contributed by atoms with Crippen molar-refractivity contribution in [3.63, 3.8) is 0 Å². The molecule has 0 unspecified atom stereocenters. The Bertz CT molecular complexity index is 477. The predicted octanol–water partition coefficient (Wildman–Crippen LogP) is 2.73. The maximum atomic E-state index is 12.6. The lowest BCUT2D eigenvalue weighted by Crippen LogP contribution is -2.52. The number of amides is 1. The Hall–Kier alpha value is -1.32. The Kier molecular flexibility index (Phi) is 9.45. The van der Waals surface area contributed by atoms with E-state index in [1.165, 1.54) is 0 Å². The number of carbonyl (C=O) groups excluding carboxylic acids is 3. The molecule has 2 atom stereocenters. The number of ether oxygens (including phenoxy) is 2. The molecule has 0 heterocycles. The van der Waals surface area contributed by atoms with Gasteiger partial charge in [-0.1, -0.05) is 15.9 Å². The molecule has 0 radical (unpaired) electrons. The Morgan fingerprint density at radius 3 is 2.12 bits per heavy atom. The van der Waals surface area contributed by atoms with Crippen molar-refractivity contribution < 1.29 is 37.0 Å². The van der Waals surface area contributed by atoms with E-state index in [0.29, 0.717) is 11.8 Å². The third kappa shape index (κ3) is 9.66. The van der Waals surface area contributed by atoms with E-state index >= 15 is 0 Å². The Balaban J connectivity index is 5.55. The summed E-state index contributed by atoms with van der Waals surface area (Å²) in [6.07, 6.45) is -4.80. The van der Waals surface area contributed by atoms with Crippen LogP contribution in [0.25, 0.3) is 0 Å². The van der Waals surface area contributed by atoms with Crippen molar-refractivity contribution in [2.24, 2.45) is 5.92 Å². The highest BCUT2D eigenvalue weighted by molar-refractivity contribution is 9.09. The molecule has 0 aliphatic heterocycles. The van der Waals surface area contributed by atoms with Gasteiger partial charge in [0.1, 0.15) is 11.6 Å². The normalized spacial score (nSPS) is 14.4.